The number of hydrogen-bond acceptors (Lipinski definition) is 6. The van der Waals surface area contributed by atoms with E-state index in [1.165, 1.54) is 6.07 Å². The molecule has 1 rings (SSSR count). The average Bonchev–Trinajstić information content (AvgIpc) is 2.87. The van der Waals surface area contributed by atoms with Crippen LogP contribution in [-0.4, -0.2) is 64.7 Å². The monoisotopic (exact) mass is 565 g/mol. The maximum Gasteiger partial charge on any atom is 0.408 e. The SMILES string of the molecule is CCCCCCCN(C(=O)C(CCSC)NC(=O)OC(C)(C)C)C(C(=O)NCCCCC)c1ccccc1O. The van der Waals surface area contributed by atoms with Gasteiger partial charge in [0.1, 0.15) is 23.4 Å². The number of carbonyl (C=O) groups excluding carboxylic acids is 3. The number of ether oxygens (including phenoxy) is 1. The quantitative estimate of drug-likeness (QED) is 0.183. The number of rotatable bonds is 18. The van der Waals surface area contributed by atoms with E-state index in [0.29, 0.717) is 37.2 Å². The highest BCUT2D eigenvalue weighted by atomic mass is 32.2. The molecule has 39 heavy (non-hydrogen) atoms. The van der Waals surface area contributed by atoms with Gasteiger partial charge in [0.2, 0.25) is 11.8 Å². The molecule has 0 saturated heterocycles. The highest BCUT2D eigenvalue weighted by molar-refractivity contribution is 7.98. The Labute approximate surface area is 240 Å². The van der Waals surface area contributed by atoms with Gasteiger partial charge in [0, 0.05) is 18.7 Å². The van der Waals surface area contributed by atoms with Crippen LogP contribution < -0.4 is 10.6 Å². The van der Waals surface area contributed by atoms with E-state index in [9.17, 15) is 19.5 Å². The van der Waals surface area contributed by atoms with E-state index in [-0.39, 0.29) is 17.6 Å². The second kappa shape index (κ2) is 18.8. The van der Waals surface area contributed by atoms with E-state index in [1.807, 2.05) is 6.26 Å². The zero-order valence-electron chi connectivity index (χ0n) is 24.9. The van der Waals surface area contributed by atoms with Gasteiger partial charge >= 0.3 is 6.09 Å². The number of nitrogens with zero attached hydrogens (tertiary/aromatic N) is 1. The van der Waals surface area contributed by atoms with Crippen LogP contribution in [0.5, 0.6) is 5.75 Å². The van der Waals surface area contributed by atoms with Gasteiger partial charge in [0.15, 0.2) is 0 Å². The summed E-state index contributed by atoms with van der Waals surface area (Å²) in [6.45, 7) is 10.4. The largest absolute Gasteiger partial charge is 0.508 e. The molecule has 1 aromatic carbocycles. The van der Waals surface area contributed by atoms with Crippen LogP contribution in [0.1, 0.15) is 104 Å². The van der Waals surface area contributed by atoms with Crippen LogP contribution in [0.4, 0.5) is 4.79 Å². The van der Waals surface area contributed by atoms with Crippen LogP contribution in [0.2, 0.25) is 0 Å². The second-order valence-corrected chi connectivity index (χ2v) is 11.9. The summed E-state index contributed by atoms with van der Waals surface area (Å²) in [5.74, 6) is -0.102. The molecular formula is C30H51N3O5S. The topological polar surface area (TPSA) is 108 Å². The minimum absolute atomic E-state index is 0.0456. The molecule has 3 N–H and O–H groups in total. The van der Waals surface area contributed by atoms with Gasteiger partial charge in [-0.1, -0.05) is 70.6 Å². The van der Waals surface area contributed by atoms with Gasteiger partial charge in [-0.3, -0.25) is 9.59 Å². The fourth-order valence-electron chi connectivity index (χ4n) is 4.25. The molecule has 222 valence electrons. The lowest BCUT2D eigenvalue weighted by atomic mass is 10.0. The van der Waals surface area contributed by atoms with Crippen molar-refractivity contribution < 1.29 is 24.2 Å². The van der Waals surface area contributed by atoms with Crippen molar-refractivity contribution in [3.63, 3.8) is 0 Å². The lowest BCUT2D eigenvalue weighted by molar-refractivity contribution is -0.142. The number of amides is 3. The number of aromatic hydroxyl groups is 1. The molecule has 0 aliphatic carbocycles. The molecule has 0 aromatic heterocycles. The molecule has 0 spiro atoms. The zero-order chi connectivity index (χ0) is 29.3. The van der Waals surface area contributed by atoms with E-state index < -0.39 is 23.8 Å². The first kappa shape index (κ1) is 34.6. The number of benzene rings is 1. The summed E-state index contributed by atoms with van der Waals surface area (Å²) in [7, 11) is 0. The summed E-state index contributed by atoms with van der Waals surface area (Å²) < 4.78 is 5.44. The number of carbonyl (C=O) groups is 3. The number of nitrogens with one attached hydrogen (secondary N) is 2. The number of phenols is 1. The molecule has 0 bridgehead atoms. The molecule has 9 heteroatoms. The molecule has 2 atom stereocenters. The molecule has 3 amide bonds. The van der Waals surface area contributed by atoms with Gasteiger partial charge in [-0.05, 0) is 58.1 Å². The van der Waals surface area contributed by atoms with Crippen LogP contribution >= 0.6 is 11.8 Å². The normalized spacial score (nSPS) is 12.9. The Morgan fingerprint density at radius 3 is 2.26 bits per heavy atom. The van der Waals surface area contributed by atoms with E-state index in [1.54, 1.807) is 55.6 Å². The van der Waals surface area contributed by atoms with Crippen molar-refractivity contribution >= 4 is 29.7 Å². The minimum Gasteiger partial charge on any atom is -0.508 e. The standard InChI is InChI=1S/C30H51N3O5S/c1-7-9-11-12-16-21-33(28(36)24(19-22-39-6)32-29(37)38-30(3,4)5)26(23-17-13-14-18-25(23)34)27(35)31-20-15-10-8-2/h13-14,17-18,24,26,34H,7-12,15-16,19-22H2,1-6H3,(H,31,35)(H,32,37). The molecule has 0 radical (unpaired) electrons. The summed E-state index contributed by atoms with van der Waals surface area (Å²) in [6.07, 6.45) is 9.35. The fraction of sp³-hybridized carbons (Fsp3) is 0.700. The van der Waals surface area contributed by atoms with Crippen molar-refractivity contribution in [2.24, 2.45) is 0 Å². The van der Waals surface area contributed by atoms with Crippen LogP contribution in [0.3, 0.4) is 0 Å². The Morgan fingerprint density at radius 1 is 1.00 bits per heavy atom. The Kier molecular flexibility index (Phi) is 16.7. The summed E-state index contributed by atoms with van der Waals surface area (Å²) in [5.41, 5.74) is -0.347. The summed E-state index contributed by atoms with van der Waals surface area (Å²) >= 11 is 1.57. The van der Waals surface area contributed by atoms with Gasteiger partial charge in [0.25, 0.3) is 0 Å². The molecule has 0 heterocycles. The van der Waals surface area contributed by atoms with Crippen LogP contribution in [0.25, 0.3) is 0 Å². The second-order valence-electron chi connectivity index (χ2n) is 10.9. The molecule has 8 nitrogen and oxygen atoms in total. The van der Waals surface area contributed by atoms with Gasteiger partial charge in [0.05, 0.1) is 0 Å². The Bertz CT molecular complexity index is 874. The third-order valence-corrected chi connectivity index (χ3v) is 6.90. The smallest absolute Gasteiger partial charge is 0.408 e. The third-order valence-electron chi connectivity index (χ3n) is 6.26. The van der Waals surface area contributed by atoms with Gasteiger partial charge in [-0.2, -0.15) is 11.8 Å². The van der Waals surface area contributed by atoms with Crippen molar-refractivity contribution in [3.8, 4) is 5.75 Å². The summed E-state index contributed by atoms with van der Waals surface area (Å²) in [4.78, 5) is 42.0. The predicted molar refractivity (Wildman–Crippen MR) is 160 cm³/mol. The molecule has 1 aromatic rings. The van der Waals surface area contributed by atoms with E-state index >= 15 is 0 Å². The third kappa shape index (κ3) is 13.5. The molecule has 2 unspecified atom stereocenters. The summed E-state index contributed by atoms with van der Waals surface area (Å²) in [5, 5.41) is 16.5. The number of thioether (sulfide) groups is 1. The molecule has 0 aliphatic heterocycles. The number of alkyl carbamates (subject to hydrolysis) is 1. The Balaban J connectivity index is 3.40. The average molecular weight is 566 g/mol. The molecular weight excluding hydrogens is 514 g/mol. The lowest BCUT2D eigenvalue weighted by Crippen LogP contribution is -2.53. The highest BCUT2D eigenvalue weighted by Crippen LogP contribution is 2.30. The van der Waals surface area contributed by atoms with Crippen molar-refractivity contribution in [3.05, 3.63) is 29.8 Å². The predicted octanol–water partition coefficient (Wildman–Crippen LogP) is 6.19. The Morgan fingerprint density at radius 2 is 1.64 bits per heavy atom. The van der Waals surface area contributed by atoms with Gasteiger partial charge < -0.3 is 25.4 Å². The molecule has 0 fully saturated rings. The van der Waals surface area contributed by atoms with Crippen molar-refractivity contribution in [1.82, 2.24) is 15.5 Å². The first-order valence-electron chi connectivity index (χ1n) is 14.4. The highest BCUT2D eigenvalue weighted by Gasteiger charge is 2.37. The number of para-hydroxylation sites is 1. The Hall–Kier alpha value is -2.42. The number of phenolic OH excluding ortho intramolecular Hbond substituents is 1. The zero-order valence-corrected chi connectivity index (χ0v) is 25.7. The maximum absolute atomic E-state index is 14.2. The first-order valence-corrected chi connectivity index (χ1v) is 15.8. The van der Waals surface area contributed by atoms with E-state index in [0.717, 1.165) is 44.9 Å². The molecule has 0 saturated carbocycles. The van der Waals surface area contributed by atoms with Gasteiger partial charge in [-0.25, -0.2) is 4.79 Å². The number of hydrogen-bond donors (Lipinski definition) is 3. The van der Waals surface area contributed by atoms with E-state index in [2.05, 4.69) is 24.5 Å². The summed E-state index contributed by atoms with van der Waals surface area (Å²) in [6, 6.07) is 4.76. The maximum atomic E-state index is 14.2. The van der Waals surface area contributed by atoms with Crippen LogP contribution in [-0.2, 0) is 14.3 Å². The van der Waals surface area contributed by atoms with Crippen LogP contribution in [0, 0.1) is 0 Å². The van der Waals surface area contributed by atoms with Crippen molar-refractivity contribution in [2.75, 3.05) is 25.1 Å². The lowest BCUT2D eigenvalue weighted by Gasteiger charge is -2.35. The molecule has 0 aliphatic rings. The van der Waals surface area contributed by atoms with E-state index in [4.69, 9.17) is 4.74 Å². The van der Waals surface area contributed by atoms with Gasteiger partial charge in [-0.15, -0.1) is 0 Å². The van der Waals surface area contributed by atoms with Crippen LogP contribution in [0.15, 0.2) is 24.3 Å². The minimum atomic E-state index is -1.02. The first-order chi connectivity index (χ1) is 18.6. The number of unbranched alkanes of at least 4 members (excludes halogenated alkanes) is 6. The van der Waals surface area contributed by atoms with Crippen molar-refractivity contribution in [1.29, 1.82) is 0 Å². The fourth-order valence-corrected chi connectivity index (χ4v) is 4.72. The van der Waals surface area contributed by atoms with Crippen molar-refractivity contribution in [2.45, 2.75) is 110 Å².